The van der Waals surface area contributed by atoms with Crippen LogP contribution in [0.3, 0.4) is 0 Å². The van der Waals surface area contributed by atoms with E-state index in [1.807, 2.05) is 12.1 Å². The summed E-state index contributed by atoms with van der Waals surface area (Å²) < 4.78 is 5.24. The lowest BCUT2D eigenvalue weighted by atomic mass is 10.2. The van der Waals surface area contributed by atoms with Crippen LogP contribution in [0.5, 0.6) is 0 Å². The van der Waals surface area contributed by atoms with Crippen molar-refractivity contribution < 1.29 is 4.52 Å². The van der Waals surface area contributed by atoms with Crippen molar-refractivity contribution in [3.05, 3.63) is 30.2 Å². The number of thioether (sulfide) groups is 1. The van der Waals surface area contributed by atoms with Gasteiger partial charge in [-0.2, -0.15) is 10.2 Å². The Morgan fingerprint density at radius 1 is 1.42 bits per heavy atom. The van der Waals surface area contributed by atoms with Crippen molar-refractivity contribution in [1.29, 1.82) is 5.26 Å². The first-order chi connectivity index (χ1) is 9.31. The molecule has 2 atom stereocenters. The van der Waals surface area contributed by atoms with E-state index >= 15 is 0 Å². The van der Waals surface area contributed by atoms with Crippen LogP contribution in [-0.4, -0.2) is 15.9 Å². The lowest BCUT2D eigenvalue weighted by molar-refractivity contribution is 0.378. The van der Waals surface area contributed by atoms with Crippen molar-refractivity contribution in [2.45, 2.75) is 24.2 Å². The van der Waals surface area contributed by atoms with Gasteiger partial charge in [-0.1, -0.05) is 12.1 Å². The van der Waals surface area contributed by atoms with Crippen LogP contribution in [-0.2, 0) is 0 Å². The highest BCUT2D eigenvalue weighted by Crippen LogP contribution is 2.46. The second-order valence-electron chi connectivity index (χ2n) is 4.49. The minimum absolute atomic E-state index is 0.0524. The molecule has 1 fully saturated rings. The van der Waals surface area contributed by atoms with E-state index in [4.69, 9.17) is 9.78 Å². The number of benzene rings is 1. The fourth-order valence-electron chi connectivity index (χ4n) is 1.98. The molecule has 2 unspecified atom stereocenters. The van der Waals surface area contributed by atoms with Gasteiger partial charge in [-0.15, -0.1) is 11.8 Å². The Morgan fingerprint density at radius 3 is 2.84 bits per heavy atom. The summed E-state index contributed by atoms with van der Waals surface area (Å²) in [6.45, 7) is 2.13. The fraction of sp³-hybridized carbons (Fsp3) is 0.357. The first-order valence-corrected chi connectivity index (χ1v) is 7.27. The molecule has 0 aliphatic heterocycles. The number of nitrogens with zero attached hydrogens (tertiary/aromatic N) is 3. The third-order valence-electron chi connectivity index (χ3n) is 3.14. The Morgan fingerprint density at radius 2 is 2.21 bits per heavy atom. The van der Waals surface area contributed by atoms with E-state index in [9.17, 15) is 0 Å². The molecule has 19 heavy (non-hydrogen) atoms. The van der Waals surface area contributed by atoms with Crippen molar-refractivity contribution in [3.8, 4) is 17.5 Å². The number of rotatable bonds is 4. The van der Waals surface area contributed by atoms with Crippen molar-refractivity contribution in [2.24, 2.45) is 5.92 Å². The Labute approximate surface area is 115 Å². The molecule has 5 heteroatoms. The van der Waals surface area contributed by atoms with Gasteiger partial charge in [0, 0.05) is 10.5 Å². The lowest BCUT2D eigenvalue weighted by Crippen LogP contribution is -1.84. The standard InChI is InChI=1S/C14H13N3OS/c1-2-19-11-5-3-9(4-6-11)13-16-14(18-17-13)12-7-10(12)8-15/h3-6,10,12H,2,7H2,1H3. The molecule has 2 aromatic rings. The molecule has 1 aromatic carbocycles. The predicted octanol–water partition coefficient (Wildman–Crippen LogP) is 3.48. The lowest BCUT2D eigenvalue weighted by Gasteiger charge is -1.98. The highest BCUT2D eigenvalue weighted by Gasteiger charge is 2.43. The minimum atomic E-state index is 0.0524. The fourth-order valence-corrected chi connectivity index (χ4v) is 2.64. The topological polar surface area (TPSA) is 62.7 Å². The molecular weight excluding hydrogens is 258 g/mol. The molecule has 0 spiro atoms. The van der Waals surface area contributed by atoms with E-state index in [1.165, 1.54) is 4.90 Å². The van der Waals surface area contributed by atoms with Gasteiger partial charge in [-0.05, 0) is 36.4 Å². The normalized spacial score (nSPS) is 21.1. The maximum atomic E-state index is 8.80. The second-order valence-corrected chi connectivity index (χ2v) is 5.83. The van der Waals surface area contributed by atoms with Crippen LogP contribution < -0.4 is 0 Å². The summed E-state index contributed by atoms with van der Waals surface area (Å²) in [6.07, 6.45) is 0.838. The molecule has 96 valence electrons. The molecule has 1 aliphatic rings. The van der Waals surface area contributed by atoms with Crippen LogP contribution in [0.2, 0.25) is 0 Å². The van der Waals surface area contributed by atoms with Crippen LogP contribution in [0.1, 0.15) is 25.2 Å². The average molecular weight is 271 g/mol. The molecule has 1 aromatic heterocycles. The van der Waals surface area contributed by atoms with E-state index in [0.29, 0.717) is 11.7 Å². The monoisotopic (exact) mass is 271 g/mol. The van der Waals surface area contributed by atoms with Gasteiger partial charge < -0.3 is 4.52 Å². The number of hydrogen-bond donors (Lipinski definition) is 0. The molecule has 0 radical (unpaired) electrons. The summed E-state index contributed by atoms with van der Waals surface area (Å²) in [5.41, 5.74) is 0.949. The first kappa shape index (κ1) is 12.2. The zero-order valence-electron chi connectivity index (χ0n) is 10.5. The zero-order chi connectivity index (χ0) is 13.2. The molecule has 1 aliphatic carbocycles. The van der Waals surface area contributed by atoms with Gasteiger partial charge in [0.2, 0.25) is 11.7 Å². The van der Waals surface area contributed by atoms with Gasteiger partial charge in [-0.25, -0.2) is 0 Å². The van der Waals surface area contributed by atoms with Crippen molar-refractivity contribution >= 4 is 11.8 Å². The molecule has 4 nitrogen and oxygen atoms in total. The Kier molecular flexibility index (Phi) is 3.26. The molecule has 0 saturated heterocycles. The molecule has 1 heterocycles. The molecule has 1 saturated carbocycles. The Hall–Kier alpha value is -1.80. The average Bonchev–Trinajstić information content (AvgIpc) is 3.08. The highest BCUT2D eigenvalue weighted by molar-refractivity contribution is 7.99. The highest BCUT2D eigenvalue weighted by atomic mass is 32.2. The quantitative estimate of drug-likeness (QED) is 0.797. The summed E-state index contributed by atoms with van der Waals surface area (Å²) in [7, 11) is 0. The third-order valence-corrected chi connectivity index (χ3v) is 4.03. The summed E-state index contributed by atoms with van der Waals surface area (Å²) in [4.78, 5) is 5.62. The van der Waals surface area contributed by atoms with E-state index in [1.54, 1.807) is 11.8 Å². The zero-order valence-corrected chi connectivity index (χ0v) is 11.4. The van der Waals surface area contributed by atoms with Gasteiger partial charge in [0.05, 0.1) is 17.9 Å². The number of aromatic nitrogens is 2. The number of nitriles is 1. The molecule has 0 bridgehead atoms. The van der Waals surface area contributed by atoms with Gasteiger partial charge in [0.1, 0.15) is 0 Å². The summed E-state index contributed by atoms with van der Waals surface area (Å²) in [6, 6.07) is 10.4. The van der Waals surface area contributed by atoms with Crippen LogP contribution in [0.15, 0.2) is 33.7 Å². The second kappa shape index (κ2) is 5.06. The van der Waals surface area contributed by atoms with E-state index < -0.39 is 0 Å². The Balaban J connectivity index is 1.77. The Bertz CT molecular complexity index is 614. The molecule has 0 N–H and O–H groups in total. The summed E-state index contributed by atoms with van der Waals surface area (Å²) in [5.74, 6) is 2.45. The van der Waals surface area contributed by atoms with Gasteiger partial charge >= 0.3 is 0 Å². The van der Waals surface area contributed by atoms with E-state index in [0.717, 1.165) is 17.7 Å². The molecule has 3 rings (SSSR count). The SMILES string of the molecule is CCSc1ccc(-c2noc(C3CC3C#N)n2)cc1. The van der Waals surface area contributed by atoms with Crippen molar-refractivity contribution in [1.82, 2.24) is 10.1 Å². The number of hydrogen-bond acceptors (Lipinski definition) is 5. The van der Waals surface area contributed by atoms with Crippen molar-refractivity contribution in [2.75, 3.05) is 5.75 Å². The van der Waals surface area contributed by atoms with Crippen LogP contribution in [0, 0.1) is 17.2 Å². The van der Waals surface area contributed by atoms with E-state index in [2.05, 4.69) is 35.3 Å². The van der Waals surface area contributed by atoms with Crippen LogP contribution in [0.4, 0.5) is 0 Å². The summed E-state index contributed by atoms with van der Waals surface area (Å²) >= 11 is 1.80. The van der Waals surface area contributed by atoms with E-state index in [-0.39, 0.29) is 11.8 Å². The third kappa shape index (κ3) is 2.49. The van der Waals surface area contributed by atoms with Crippen molar-refractivity contribution in [3.63, 3.8) is 0 Å². The summed E-state index contributed by atoms with van der Waals surface area (Å²) in [5, 5.41) is 12.8. The van der Waals surface area contributed by atoms with Crippen LogP contribution in [0.25, 0.3) is 11.4 Å². The molecular formula is C14H13N3OS. The first-order valence-electron chi connectivity index (χ1n) is 6.28. The maximum absolute atomic E-state index is 8.80. The molecule has 0 amide bonds. The van der Waals surface area contributed by atoms with Gasteiger partial charge in [0.15, 0.2) is 0 Å². The minimum Gasteiger partial charge on any atom is -0.339 e. The largest absolute Gasteiger partial charge is 0.339 e. The predicted molar refractivity (Wildman–Crippen MR) is 72.6 cm³/mol. The maximum Gasteiger partial charge on any atom is 0.231 e. The smallest absolute Gasteiger partial charge is 0.231 e. The van der Waals surface area contributed by atoms with Gasteiger partial charge in [0.25, 0.3) is 0 Å². The van der Waals surface area contributed by atoms with Gasteiger partial charge in [-0.3, -0.25) is 0 Å². The van der Waals surface area contributed by atoms with Crippen LogP contribution >= 0.6 is 11.8 Å².